The average molecular weight is 594 g/mol. The van der Waals surface area contributed by atoms with Crippen LogP contribution in [0.2, 0.25) is 0 Å². The molecule has 9 rings (SSSR count). The molecular formula is C42H27NOS. The lowest BCUT2D eigenvalue weighted by Gasteiger charge is -2.25. The molecule has 0 aliphatic carbocycles. The fourth-order valence-electron chi connectivity index (χ4n) is 6.48. The van der Waals surface area contributed by atoms with Crippen molar-refractivity contribution in [3.8, 4) is 22.3 Å². The maximum Gasteiger partial charge on any atom is 0.159 e. The van der Waals surface area contributed by atoms with Crippen molar-refractivity contribution in [2.45, 2.75) is 0 Å². The third-order valence-electron chi connectivity index (χ3n) is 8.69. The second-order valence-corrected chi connectivity index (χ2v) is 12.4. The lowest BCUT2D eigenvalue weighted by atomic mass is 9.99. The first-order valence-electron chi connectivity index (χ1n) is 15.2. The Morgan fingerprint density at radius 2 is 0.978 bits per heavy atom. The summed E-state index contributed by atoms with van der Waals surface area (Å²) >= 11 is 1.86. The van der Waals surface area contributed by atoms with E-state index >= 15 is 0 Å². The topological polar surface area (TPSA) is 16.4 Å². The van der Waals surface area contributed by atoms with Crippen LogP contribution in [0.5, 0.6) is 0 Å². The Hall–Kier alpha value is -5.64. The van der Waals surface area contributed by atoms with Gasteiger partial charge in [0.1, 0.15) is 5.58 Å². The molecule has 2 nitrogen and oxygen atoms in total. The lowest BCUT2D eigenvalue weighted by molar-refractivity contribution is 0.669. The number of rotatable bonds is 5. The number of hydrogen-bond acceptors (Lipinski definition) is 3. The van der Waals surface area contributed by atoms with Gasteiger partial charge in [-0.15, -0.1) is 11.3 Å². The molecule has 2 aromatic heterocycles. The Labute approximate surface area is 265 Å². The van der Waals surface area contributed by atoms with Crippen molar-refractivity contribution in [2.24, 2.45) is 0 Å². The van der Waals surface area contributed by atoms with Gasteiger partial charge in [0.25, 0.3) is 0 Å². The summed E-state index contributed by atoms with van der Waals surface area (Å²) in [6.07, 6.45) is 0. The van der Waals surface area contributed by atoms with Crippen LogP contribution in [-0.4, -0.2) is 0 Å². The average Bonchev–Trinajstić information content (AvgIpc) is 3.68. The van der Waals surface area contributed by atoms with Gasteiger partial charge in [0.2, 0.25) is 0 Å². The standard InChI is InChI=1S/C42H27NOS/c1-2-9-32(10-3-1)43(38-14-8-13-36-34-11-4-6-15-39(34)44-42(36)38)33-24-21-29(22-25-33)28-17-19-30(20-18-28)31-23-26-41-37(27-31)35-12-5-7-16-40(35)45-41/h1-27H. The van der Waals surface area contributed by atoms with Crippen LogP contribution in [0.15, 0.2) is 168 Å². The van der Waals surface area contributed by atoms with Crippen LogP contribution in [0.4, 0.5) is 17.1 Å². The second-order valence-electron chi connectivity index (χ2n) is 11.4. The van der Waals surface area contributed by atoms with Crippen molar-refractivity contribution in [1.82, 2.24) is 0 Å². The van der Waals surface area contributed by atoms with E-state index in [9.17, 15) is 0 Å². The zero-order chi connectivity index (χ0) is 29.7. The molecular weight excluding hydrogens is 567 g/mol. The fraction of sp³-hybridized carbons (Fsp3) is 0. The third-order valence-corrected chi connectivity index (χ3v) is 9.84. The summed E-state index contributed by atoms with van der Waals surface area (Å²) < 4.78 is 9.12. The van der Waals surface area contributed by atoms with E-state index in [0.29, 0.717) is 0 Å². The number of furan rings is 1. The molecule has 0 radical (unpaired) electrons. The summed E-state index contributed by atoms with van der Waals surface area (Å²) in [5.41, 5.74) is 9.79. The Balaban J connectivity index is 1.07. The van der Waals surface area contributed by atoms with Crippen molar-refractivity contribution >= 4 is 70.5 Å². The highest BCUT2D eigenvalue weighted by molar-refractivity contribution is 7.25. The van der Waals surface area contributed by atoms with Gasteiger partial charge in [0.15, 0.2) is 5.58 Å². The summed E-state index contributed by atoms with van der Waals surface area (Å²) in [5.74, 6) is 0. The Bertz CT molecular complexity index is 2470. The van der Waals surface area contributed by atoms with Gasteiger partial charge >= 0.3 is 0 Å². The van der Waals surface area contributed by atoms with E-state index < -0.39 is 0 Å². The van der Waals surface area contributed by atoms with Gasteiger partial charge in [-0.25, -0.2) is 0 Å². The van der Waals surface area contributed by atoms with Crippen LogP contribution in [0, 0.1) is 0 Å². The normalized spacial score (nSPS) is 11.6. The van der Waals surface area contributed by atoms with Crippen LogP contribution < -0.4 is 4.90 Å². The molecule has 0 atom stereocenters. The second kappa shape index (κ2) is 10.5. The van der Waals surface area contributed by atoms with Gasteiger partial charge < -0.3 is 9.32 Å². The lowest BCUT2D eigenvalue weighted by Crippen LogP contribution is -2.10. The van der Waals surface area contributed by atoms with E-state index in [1.165, 1.54) is 42.4 Å². The van der Waals surface area contributed by atoms with Crippen LogP contribution in [-0.2, 0) is 0 Å². The minimum absolute atomic E-state index is 0.885. The molecule has 45 heavy (non-hydrogen) atoms. The number of anilines is 3. The van der Waals surface area contributed by atoms with E-state index in [0.717, 1.165) is 39.0 Å². The maximum atomic E-state index is 6.45. The molecule has 3 heteroatoms. The van der Waals surface area contributed by atoms with Gasteiger partial charge in [-0.3, -0.25) is 0 Å². The Morgan fingerprint density at radius 1 is 0.400 bits per heavy atom. The molecule has 0 spiro atoms. The maximum absolute atomic E-state index is 6.45. The molecule has 0 unspecified atom stereocenters. The van der Waals surface area contributed by atoms with E-state index in [1.54, 1.807) is 0 Å². The van der Waals surface area contributed by atoms with Crippen LogP contribution in [0.3, 0.4) is 0 Å². The van der Waals surface area contributed by atoms with Gasteiger partial charge in [-0.2, -0.15) is 0 Å². The summed E-state index contributed by atoms with van der Waals surface area (Å²) in [7, 11) is 0. The van der Waals surface area contributed by atoms with Crippen LogP contribution >= 0.6 is 11.3 Å². The zero-order valence-corrected chi connectivity index (χ0v) is 25.2. The molecule has 0 aliphatic rings. The highest BCUT2D eigenvalue weighted by Crippen LogP contribution is 2.42. The number of para-hydroxylation sites is 3. The number of benzene rings is 7. The molecule has 9 aromatic rings. The van der Waals surface area contributed by atoms with E-state index in [4.69, 9.17) is 4.42 Å². The largest absolute Gasteiger partial charge is 0.454 e. The van der Waals surface area contributed by atoms with Gasteiger partial charge in [-0.05, 0) is 76.9 Å². The van der Waals surface area contributed by atoms with E-state index in [1.807, 2.05) is 23.5 Å². The molecule has 0 aliphatic heterocycles. The zero-order valence-electron chi connectivity index (χ0n) is 24.4. The molecule has 7 aromatic carbocycles. The smallest absolute Gasteiger partial charge is 0.159 e. The SMILES string of the molecule is c1ccc(N(c2ccc(-c3ccc(-c4ccc5sc6ccccc6c5c4)cc3)cc2)c2cccc3c2oc2ccccc23)cc1. The highest BCUT2D eigenvalue weighted by Gasteiger charge is 2.19. The highest BCUT2D eigenvalue weighted by atomic mass is 32.1. The van der Waals surface area contributed by atoms with Gasteiger partial charge in [-0.1, -0.05) is 109 Å². The molecule has 0 N–H and O–H groups in total. The first kappa shape index (κ1) is 25.8. The van der Waals surface area contributed by atoms with Gasteiger partial charge in [0, 0.05) is 42.3 Å². The summed E-state index contributed by atoms with van der Waals surface area (Å²) in [4.78, 5) is 2.28. The first-order valence-corrected chi connectivity index (χ1v) is 16.0. The number of hydrogen-bond donors (Lipinski definition) is 0. The third kappa shape index (κ3) is 4.40. The molecule has 212 valence electrons. The monoisotopic (exact) mass is 593 g/mol. The minimum atomic E-state index is 0.885. The molecule has 0 fully saturated rings. The first-order chi connectivity index (χ1) is 22.3. The number of thiophene rings is 1. The predicted octanol–water partition coefficient (Wildman–Crippen LogP) is 12.8. The van der Waals surface area contributed by atoms with Crippen molar-refractivity contribution in [3.63, 3.8) is 0 Å². The Kier molecular flexibility index (Phi) is 6.03. The quantitative estimate of drug-likeness (QED) is 0.197. The molecule has 0 bridgehead atoms. The van der Waals surface area contributed by atoms with E-state index in [-0.39, 0.29) is 0 Å². The van der Waals surface area contributed by atoms with Crippen LogP contribution in [0.25, 0.3) is 64.4 Å². The summed E-state index contributed by atoms with van der Waals surface area (Å²) in [5, 5.41) is 4.91. The molecule has 0 saturated carbocycles. The number of nitrogens with zero attached hydrogens (tertiary/aromatic N) is 1. The van der Waals surface area contributed by atoms with Gasteiger partial charge in [0.05, 0.1) is 5.69 Å². The minimum Gasteiger partial charge on any atom is -0.454 e. The molecule has 0 saturated heterocycles. The van der Waals surface area contributed by atoms with Crippen molar-refractivity contribution in [2.75, 3.05) is 4.90 Å². The fourth-order valence-corrected chi connectivity index (χ4v) is 7.56. The molecule has 0 amide bonds. The van der Waals surface area contributed by atoms with Crippen LogP contribution in [0.1, 0.15) is 0 Å². The van der Waals surface area contributed by atoms with Crippen molar-refractivity contribution in [3.05, 3.63) is 164 Å². The summed E-state index contributed by atoms with van der Waals surface area (Å²) in [6, 6.07) is 58.4. The van der Waals surface area contributed by atoms with Crippen molar-refractivity contribution in [1.29, 1.82) is 0 Å². The Morgan fingerprint density at radius 3 is 1.78 bits per heavy atom. The molecule has 2 heterocycles. The summed E-state index contributed by atoms with van der Waals surface area (Å²) in [6.45, 7) is 0. The predicted molar refractivity (Wildman–Crippen MR) is 192 cm³/mol. The number of fused-ring (bicyclic) bond motifs is 6. The van der Waals surface area contributed by atoms with E-state index in [2.05, 4.69) is 157 Å². The van der Waals surface area contributed by atoms with Crippen molar-refractivity contribution < 1.29 is 4.42 Å².